The van der Waals surface area contributed by atoms with Gasteiger partial charge in [0.15, 0.2) is 0 Å². The number of anilines is 1. The molecule has 2 heterocycles. The molecule has 0 spiro atoms. The third kappa shape index (κ3) is 3.78. The molecule has 0 aliphatic heterocycles. The van der Waals surface area contributed by atoms with Crippen molar-refractivity contribution in [3.8, 4) is 0 Å². The molecule has 0 saturated heterocycles. The zero-order chi connectivity index (χ0) is 13.8. The van der Waals surface area contributed by atoms with Crippen molar-refractivity contribution in [1.82, 2.24) is 10.3 Å². The number of aryl methyl sites for hydroxylation is 1. The van der Waals surface area contributed by atoms with E-state index in [0.717, 1.165) is 24.6 Å². The summed E-state index contributed by atoms with van der Waals surface area (Å²) in [5, 5.41) is 5.33. The van der Waals surface area contributed by atoms with E-state index in [-0.39, 0.29) is 0 Å². The summed E-state index contributed by atoms with van der Waals surface area (Å²) in [6.45, 7) is 3.80. The molecule has 1 N–H and O–H groups in total. The van der Waals surface area contributed by atoms with Crippen LogP contribution in [0, 0.1) is 6.92 Å². The van der Waals surface area contributed by atoms with E-state index in [1.165, 1.54) is 14.9 Å². The Morgan fingerprint density at radius 2 is 2.21 bits per heavy atom. The van der Waals surface area contributed by atoms with Crippen LogP contribution in [0.1, 0.15) is 16.8 Å². The number of aromatic nitrogens is 1. The molecule has 5 heteroatoms. The van der Waals surface area contributed by atoms with Crippen LogP contribution in [0.2, 0.25) is 0 Å². The van der Waals surface area contributed by atoms with Gasteiger partial charge in [0.2, 0.25) is 0 Å². The molecule has 0 radical (unpaired) electrons. The SMILES string of the molecule is CNCc1ccc(N(C)Cc2csc(Br)c2)nc1C. The van der Waals surface area contributed by atoms with Crippen molar-refractivity contribution in [2.75, 3.05) is 19.0 Å². The van der Waals surface area contributed by atoms with Gasteiger partial charge in [0.05, 0.1) is 3.79 Å². The van der Waals surface area contributed by atoms with Gasteiger partial charge in [0.25, 0.3) is 0 Å². The van der Waals surface area contributed by atoms with Gasteiger partial charge in [-0.05, 0) is 58.5 Å². The average molecular weight is 340 g/mol. The smallest absolute Gasteiger partial charge is 0.128 e. The first-order chi connectivity index (χ1) is 9.10. The molecule has 19 heavy (non-hydrogen) atoms. The number of hydrogen-bond acceptors (Lipinski definition) is 4. The van der Waals surface area contributed by atoms with Crippen molar-refractivity contribution in [2.24, 2.45) is 0 Å². The van der Waals surface area contributed by atoms with Gasteiger partial charge in [-0.15, -0.1) is 11.3 Å². The number of nitrogens with zero attached hydrogens (tertiary/aromatic N) is 2. The maximum atomic E-state index is 4.67. The molecule has 0 unspecified atom stereocenters. The molecule has 0 saturated carbocycles. The van der Waals surface area contributed by atoms with E-state index in [4.69, 9.17) is 0 Å². The van der Waals surface area contributed by atoms with Gasteiger partial charge in [-0.2, -0.15) is 0 Å². The van der Waals surface area contributed by atoms with E-state index in [9.17, 15) is 0 Å². The summed E-state index contributed by atoms with van der Waals surface area (Å²) in [7, 11) is 4.03. The topological polar surface area (TPSA) is 28.2 Å². The minimum absolute atomic E-state index is 0.861. The second kappa shape index (κ2) is 6.50. The Hall–Kier alpha value is -0.910. The first kappa shape index (κ1) is 14.5. The third-order valence-corrected chi connectivity index (χ3v) is 4.53. The summed E-state index contributed by atoms with van der Waals surface area (Å²) < 4.78 is 1.17. The Kier molecular flexibility index (Phi) is 4.96. The number of halogens is 1. The maximum absolute atomic E-state index is 4.67. The molecule has 2 aromatic heterocycles. The lowest BCUT2D eigenvalue weighted by atomic mass is 10.2. The molecule has 0 bridgehead atoms. The Balaban J connectivity index is 2.10. The van der Waals surface area contributed by atoms with Gasteiger partial charge in [0.1, 0.15) is 5.82 Å². The van der Waals surface area contributed by atoms with E-state index in [2.05, 4.69) is 68.7 Å². The molecule has 0 amide bonds. The highest BCUT2D eigenvalue weighted by molar-refractivity contribution is 9.11. The van der Waals surface area contributed by atoms with Crippen LogP contribution in [0.25, 0.3) is 0 Å². The predicted octanol–water partition coefficient (Wildman–Crippen LogP) is 3.57. The van der Waals surface area contributed by atoms with Crippen molar-refractivity contribution in [3.63, 3.8) is 0 Å². The van der Waals surface area contributed by atoms with E-state index in [1.807, 2.05) is 7.05 Å². The van der Waals surface area contributed by atoms with Crippen molar-refractivity contribution in [2.45, 2.75) is 20.0 Å². The number of pyridine rings is 1. The molecule has 3 nitrogen and oxygen atoms in total. The van der Waals surface area contributed by atoms with Gasteiger partial charge < -0.3 is 10.2 Å². The lowest BCUT2D eigenvalue weighted by Gasteiger charge is -2.19. The number of rotatable bonds is 5. The van der Waals surface area contributed by atoms with Crippen molar-refractivity contribution in [3.05, 3.63) is 44.2 Å². The Morgan fingerprint density at radius 3 is 2.79 bits per heavy atom. The normalized spacial score (nSPS) is 10.7. The molecule has 0 aliphatic carbocycles. The van der Waals surface area contributed by atoms with Gasteiger partial charge in [-0.25, -0.2) is 4.98 Å². The van der Waals surface area contributed by atoms with Crippen LogP contribution < -0.4 is 10.2 Å². The quantitative estimate of drug-likeness (QED) is 0.902. The van der Waals surface area contributed by atoms with Crippen molar-refractivity contribution >= 4 is 33.1 Å². The Bertz CT molecular complexity index is 553. The van der Waals surface area contributed by atoms with Crippen molar-refractivity contribution < 1.29 is 0 Å². The molecular weight excluding hydrogens is 322 g/mol. The largest absolute Gasteiger partial charge is 0.355 e. The van der Waals surface area contributed by atoms with Crippen LogP contribution in [0.4, 0.5) is 5.82 Å². The summed E-state index contributed by atoms with van der Waals surface area (Å²) in [5.74, 6) is 1.01. The molecule has 0 atom stereocenters. The van der Waals surface area contributed by atoms with E-state index in [0.29, 0.717) is 0 Å². The van der Waals surface area contributed by atoms with Crippen LogP contribution in [-0.4, -0.2) is 19.1 Å². The van der Waals surface area contributed by atoms with E-state index < -0.39 is 0 Å². The first-order valence-electron chi connectivity index (χ1n) is 6.15. The zero-order valence-corrected chi connectivity index (χ0v) is 13.8. The molecular formula is C14H18BrN3S. The van der Waals surface area contributed by atoms with Crippen LogP contribution in [-0.2, 0) is 13.1 Å². The predicted molar refractivity (Wildman–Crippen MR) is 85.9 cm³/mol. The monoisotopic (exact) mass is 339 g/mol. The summed E-state index contributed by atoms with van der Waals surface area (Å²) in [4.78, 5) is 6.84. The Morgan fingerprint density at radius 1 is 1.42 bits per heavy atom. The van der Waals surface area contributed by atoms with Crippen LogP contribution in [0.15, 0.2) is 27.4 Å². The first-order valence-corrected chi connectivity index (χ1v) is 7.82. The van der Waals surface area contributed by atoms with Gasteiger partial charge in [-0.3, -0.25) is 0 Å². The van der Waals surface area contributed by atoms with E-state index >= 15 is 0 Å². The highest BCUT2D eigenvalue weighted by atomic mass is 79.9. The summed E-state index contributed by atoms with van der Waals surface area (Å²) in [6, 6.07) is 6.39. The third-order valence-electron chi connectivity index (χ3n) is 2.98. The fourth-order valence-corrected chi connectivity index (χ4v) is 3.15. The van der Waals surface area contributed by atoms with Crippen LogP contribution >= 0.6 is 27.3 Å². The summed E-state index contributed by atoms with van der Waals surface area (Å²) in [5.41, 5.74) is 3.64. The summed E-state index contributed by atoms with van der Waals surface area (Å²) in [6.07, 6.45) is 0. The van der Waals surface area contributed by atoms with Gasteiger partial charge in [0, 0.05) is 25.8 Å². The zero-order valence-electron chi connectivity index (χ0n) is 11.4. The minimum atomic E-state index is 0.861. The van der Waals surface area contributed by atoms with Crippen LogP contribution in [0.5, 0.6) is 0 Å². The molecule has 2 rings (SSSR count). The minimum Gasteiger partial charge on any atom is -0.355 e. The fraction of sp³-hybridized carbons (Fsp3) is 0.357. The number of thiophene rings is 1. The standard InChI is InChI=1S/C14H18BrN3S/c1-10-12(7-16-2)4-5-14(17-10)18(3)8-11-6-13(15)19-9-11/h4-6,9,16H,7-8H2,1-3H3. The van der Waals surface area contributed by atoms with Gasteiger partial charge in [-0.1, -0.05) is 6.07 Å². The molecule has 0 aliphatic rings. The maximum Gasteiger partial charge on any atom is 0.128 e. The molecule has 2 aromatic rings. The second-order valence-corrected chi connectivity index (χ2v) is 6.85. The molecule has 0 fully saturated rings. The lowest BCUT2D eigenvalue weighted by Crippen LogP contribution is -2.18. The second-order valence-electron chi connectivity index (χ2n) is 4.56. The van der Waals surface area contributed by atoms with E-state index in [1.54, 1.807) is 11.3 Å². The van der Waals surface area contributed by atoms with Gasteiger partial charge >= 0.3 is 0 Å². The molecule has 0 aromatic carbocycles. The lowest BCUT2D eigenvalue weighted by molar-refractivity contribution is 0.800. The number of hydrogen-bond donors (Lipinski definition) is 1. The summed E-state index contributed by atoms with van der Waals surface area (Å²) >= 11 is 5.21. The highest BCUT2D eigenvalue weighted by Gasteiger charge is 2.07. The highest BCUT2D eigenvalue weighted by Crippen LogP contribution is 2.23. The van der Waals surface area contributed by atoms with Crippen molar-refractivity contribution in [1.29, 1.82) is 0 Å². The Labute approximate surface area is 126 Å². The van der Waals surface area contributed by atoms with Crippen LogP contribution in [0.3, 0.4) is 0 Å². The fourth-order valence-electron chi connectivity index (χ4n) is 1.95. The average Bonchev–Trinajstić information content (AvgIpc) is 2.77. The molecule has 102 valence electrons. The number of nitrogens with one attached hydrogen (secondary N) is 1.